The van der Waals surface area contributed by atoms with E-state index >= 15 is 0 Å². The van der Waals surface area contributed by atoms with Crippen molar-refractivity contribution in [3.05, 3.63) is 69.2 Å². The van der Waals surface area contributed by atoms with Gasteiger partial charge in [-0.3, -0.25) is 9.59 Å². The van der Waals surface area contributed by atoms with Gasteiger partial charge >= 0.3 is 0 Å². The average molecular weight is 435 g/mol. The first-order valence-corrected chi connectivity index (χ1v) is 10.5. The highest BCUT2D eigenvalue weighted by atomic mass is 35.5. The number of hydrogen-bond acceptors (Lipinski definition) is 2. The zero-order valence-corrected chi connectivity index (χ0v) is 18.8. The second-order valence-electron chi connectivity index (χ2n) is 7.58. The molecule has 0 bridgehead atoms. The van der Waals surface area contributed by atoms with Crippen molar-refractivity contribution >= 4 is 35.0 Å². The summed E-state index contributed by atoms with van der Waals surface area (Å²) in [5.74, 6) is -0.281. The standard InChI is InChI=1S/C23H28Cl2N2O2/c1-15(2)26-23(29)17(4)27(14-19-10-11-20(24)13-21(19)25)22(28)12-9-18-7-5-16(3)6-8-18/h5-8,10-11,13,15,17H,9,12,14H2,1-4H3,(H,26,29)/t17-/m0/s1. The van der Waals surface area contributed by atoms with Crippen LogP contribution in [0.3, 0.4) is 0 Å². The number of nitrogens with one attached hydrogen (secondary N) is 1. The quantitative estimate of drug-likeness (QED) is 0.622. The Kier molecular flexibility index (Phi) is 8.54. The van der Waals surface area contributed by atoms with E-state index in [0.717, 1.165) is 11.1 Å². The molecule has 0 aliphatic carbocycles. The zero-order chi connectivity index (χ0) is 21.6. The molecule has 0 heterocycles. The summed E-state index contributed by atoms with van der Waals surface area (Å²) in [7, 11) is 0. The van der Waals surface area contributed by atoms with E-state index < -0.39 is 6.04 Å². The molecule has 2 rings (SSSR count). The lowest BCUT2D eigenvalue weighted by Gasteiger charge is -2.30. The minimum atomic E-state index is -0.616. The number of hydrogen-bond donors (Lipinski definition) is 1. The topological polar surface area (TPSA) is 49.4 Å². The Morgan fingerprint density at radius 1 is 1.03 bits per heavy atom. The van der Waals surface area contributed by atoms with E-state index in [2.05, 4.69) is 5.32 Å². The van der Waals surface area contributed by atoms with Crippen LogP contribution in [0.4, 0.5) is 0 Å². The SMILES string of the molecule is Cc1ccc(CCC(=O)N(Cc2ccc(Cl)cc2Cl)[C@@H](C)C(=O)NC(C)C)cc1. The fourth-order valence-corrected chi connectivity index (χ4v) is 3.44. The minimum Gasteiger partial charge on any atom is -0.352 e. The zero-order valence-electron chi connectivity index (χ0n) is 17.3. The molecule has 1 atom stereocenters. The van der Waals surface area contributed by atoms with E-state index in [-0.39, 0.29) is 24.4 Å². The molecule has 0 aliphatic heterocycles. The normalized spacial score (nSPS) is 12.0. The lowest BCUT2D eigenvalue weighted by molar-refractivity contribution is -0.140. The Hall–Kier alpha value is -2.04. The molecule has 2 aromatic carbocycles. The van der Waals surface area contributed by atoms with Gasteiger partial charge in [0.05, 0.1) is 0 Å². The van der Waals surface area contributed by atoms with Gasteiger partial charge in [0.15, 0.2) is 0 Å². The van der Waals surface area contributed by atoms with Crippen LogP contribution in [0, 0.1) is 6.92 Å². The van der Waals surface area contributed by atoms with E-state index in [1.54, 1.807) is 30.0 Å². The van der Waals surface area contributed by atoms with Crippen molar-refractivity contribution in [2.24, 2.45) is 0 Å². The number of carbonyl (C=O) groups excluding carboxylic acids is 2. The third kappa shape index (κ3) is 7.06. The summed E-state index contributed by atoms with van der Waals surface area (Å²) in [6, 6.07) is 12.7. The van der Waals surface area contributed by atoms with E-state index in [1.807, 2.05) is 45.0 Å². The number of benzene rings is 2. The number of carbonyl (C=O) groups is 2. The first kappa shape index (κ1) is 23.2. The van der Waals surface area contributed by atoms with Crippen LogP contribution in [0.5, 0.6) is 0 Å². The van der Waals surface area contributed by atoms with Crippen LogP contribution in [0.2, 0.25) is 10.0 Å². The molecule has 156 valence electrons. The number of nitrogens with zero attached hydrogens (tertiary/aromatic N) is 1. The Balaban J connectivity index is 2.18. The van der Waals surface area contributed by atoms with Gasteiger partial charge in [0.1, 0.15) is 6.04 Å². The van der Waals surface area contributed by atoms with Crippen LogP contribution in [-0.4, -0.2) is 28.8 Å². The number of aryl methyl sites for hydroxylation is 2. The maximum atomic E-state index is 13.1. The predicted molar refractivity (Wildman–Crippen MR) is 119 cm³/mol. The van der Waals surface area contributed by atoms with Crippen LogP contribution in [-0.2, 0) is 22.6 Å². The lowest BCUT2D eigenvalue weighted by atomic mass is 10.1. The Morgan fingerprint density at radius 2 is 1.69 bits per heavy atom. The molecule has 0 radical (unpaired) electrons. The summed E-state index contributed by atoms with van der Waals surface area (Å²) in [6.45, 7) is 7.80. The highest BCUT2D eigenvalue weighted by molar-refractivity contribution is 6.35. The van der Waals surface area contributed by atoms with Crippen molar-refractivity contribution in [3.8, 4) is 0 Å². The molecule has 2 amide bonds. The van der Waals surface area contributed by atoms with Gasteiger partial charge in [0.2, 0.25) is 11.8 Å². The van der Waals surface area contributed by atoms with E-state index in [1.165, 1.54) is 5.56 Å². The van der Waals surface area contributed by atoms with Crippen LogP contribution >= 0.6 is 23.2 Å². The molecular formula is C23H28Cl2N2O2. The van der Waals surface area contributed by atoms with Crippen molar-refractivity contribution in [3.63, 3.8) is 0 Å². The van der Waals surface area contributed by atoms with Gasteiger partial charge in [-0.25, -0.2) is 0 Å². The lowest BCUT2D eigenvalue weighted by Crippen LogP contribution is -2.49. The van der Waals surface area contributed by atoms with E-state index in [4.69, 9.17) is 23.2 Å². The fourth-order valence-electron chi connectivity index (χ4n) is 2.97. The van der Waals surface area contributed by atoms with Gasteiger partial charge in [-0.1, -0.05) is 59.1 Å². The molecule has 6 heteroatoms. The van der Waals surface area contributed by atoms with Gasteiger partial charge in [-0.15, -0.1) is 0 Å². The summed E-state index contributed by atoms with van der Waals surface area (Å²) in [6.07, 6.45) is 0.927. The number of rotatable bonds is 8. The Morgan fingerprint density at radius 3 is 2.28 bits per heavy atom. The summed E-state index contributed by atoms with van der Waals surface area (Å²) in [4.78, 5) is 27.2. The van der Waals surface area contributed by atoms with Crippen molar-refractivity contribution in [2.75, 3.05) is 0 Å². The molecule has 4 nitrogen and oxygen atoms in total. The minimum absolute atomic E-state index is 0.00594. The molecule has 2 aromatic rings. The van der Waals surface area contributed by atoms with Crippen LogP contribution in [0.25, 0.3) is 0 Å². The molecule has 0 spiro atoms. The van der Waals surface area contributed by atoms with E-state index in [0.29, 0.717) is 22.9 Å². The molecule has 0 saturated heterocycles. The van der Waals surface area contributed by atoms with Crippen molar-refractivity contribution in [1.82, 2.24) is 10.2 Å². The van der Waals surface area contributed by atoms with Crippen molar-refractivity contribution < 1.29 is 9.59 Å². The predicted octanol–water partition coefficient (Wildman–Crippen LogP) is 5.18. The number of halogens is 2. The molecule has 29 heavy (non-hydrogen) atoms. The van der Waals surface area contributed by atoms with E-state index in [9.17, 15) is 9.59 Å². The van der Waals surface area contributed by atoms with Gasteiger partial charge in [-0.05, 0) is 57.4 Å². The monoisotopic (exact) mass is 434 g/mol. The van der Waals surface area contributed by atoms with Crippen LogP contribution in [0.15, 0.2) is 42.5 Å². The van der Waals surface area contributed by atoms with Crippen LogP contribution < -0.4 is 5.32 Å². The van der Waals surface area contributed by atoms with Crippen molar-refractivity contribution in [2.45, 2.75) is 59.2 Å². The van der Waals surface area contributed by atoms with Gasteiger partial charge in [-0.2, -0.15) is 0 Å². The molecule has 0 aromatic heterocycles. The second kappa shape index (κ2) is 10.7. The van der Waals surface area contributed by atoms with Gasteiger partial charge in [0, 0.05) is 29.1 Å². The third-order valence-corrected chi connectivity index (χ3v) is 5.29. The molecular weight excluding hydrogens is 407 g/mol. The van der Waals surface area contributed by atoms with Crippen molar-refractivity contribution in [1.29, 1.82) is 0 Å². The Bertz CT molecular complexity index is 850. The maximum absolute atomic E-state index is 13.1. The molecule has 1 N–H and O–H groups in total. The first-order valence-electron chi connectivity index (χ1n) is 9.76. The molecule has 0 unspecified atom stereocenters. The van der Waals surface area contributed by atoms with Gasteiger partial charge < -0.3 is 10.2 Å². The summed E-state index contributed by atoms with van der Waals surface area (Å²) >= 11 is 12.3. The average Bonchev–Trinajstić information content (AvgIpc) is 2.65. The fraction of sp³-hybridized carbons (Fsp3) is 0.391. The second-order valence-corrected chi connectivity index (χ2v) is 8.43. The third-order valence-electron chi connectivity index (χ3n) is 4.70. The molecule has 0 fully saturated rings. The summed E-state index contributed by atoms with van der Waals surface area (Å²) in [5.41, 5.74) is 3.02. The highest BCUT2D eigenvalue weighted by Crippen LogP contribution is 2.23. The maximum Gasteiger partial charge on any atom is 0.242 e. The summed E-state index contributed by atoms with van der Waals surface area (Å²) < 4.78 is 0. The molecule has 0 aliphatic rings. The highest BCUT2D eigenvalue weighted by Gasteiger charge is 2.26. The largest absolute Gasteiger partial charge is 0.352 e. The number of amides is 2. The summed E-state index contributed by atoms with van der Waals surface area (Å²) in [5, 5.41) is 3.89. The molecule has 0 saturated carbocycles. The van der Waals surface area contributed by atoms with Gasteiger partial charge in [0.25, 0.3) is 0 Å². The van der Waals surface area contributed by atoms with Crippen LogP contribution in [0.1, 0.15) is 43.9 Å². The Labute approximate surface area is 183 Å². The first-order chi connectivity index (χ1) is 13.7. The smallest absolute Gasteiger partial charge is 0.242 e.